The van der Waals surface area contributed by atoms with Crippen molar-refractivity contribution in [1.29, 1.82) is 0 Å². The first-order chi connectivity index (χ1) is 14.0. The van der Waals surface area contributed by atoms with Crippen molar-refractivity contribution in [2.45, 2.75) is 37.8 Å². The molecule has 0 radical (unpaired) electrons. The summed E-state index contributed by atoms with van der Waals surface area (Å²) in [7, 11) is 0. The third kappa shape index (κ3) is 4.51. The SMILES string of the molecule is CC(C(=O)[C@](N)(CC(=O)O)C(=O)O)N1C(=O)CC(Cc2ccc(/C=N/N)cc2)C1=O. The number of carbonyl (C=O) groups is 5. The molecular weight excluding hydrogens is 396 g/mol. The van der Waals surface area contributed by atoms with E-state index in [0.717, 1.165) is 18.1 Å². The number of hydrogen-bond acceptors (Lipinski definition) is 8. The molecule has 0 saturated carbocycles. The molecule has 1 aromatic rings. The Hall–Kier alpha value is -3.60. The summed E-state index contributed by atoms with van der Waals surface area (Å²) in [5.74, 6) is -1.62. The fourth-order valence-corrected chi connectivity index (χ4v) is 3.39. The van der Waals surface area contributed by atoms with E-state index in [9.17, 15) is 29.1 Å². The summed E-state index contributed by atoms with van der Waals surface area (Å²) in [6.07, 6.45) is 0.335. The summed E-state index contributed by atoms with van der Waals surface area (Å²) >= 11 is 0. The smallest absolute Gasteiger partial charge is 0.332 e. The Bertz CT molecular complexity index is 912. The van der Waals surface area contributed by atoms with Crippen LogP contribution in [0, 0.1) is 5.92 Å². The van der Waals surface area contributed by atoms with Gasteiger partial charge in [-0.3, -0.25) is 24.1 Å². The van der Waals surface area contributed by atoms with Crippen LogP contribution < -0.4 is 11.6 Å². The number of likely N-dealkylation sites (tertiary alicyclic amines) is 1. The molecule has 2 unspecified atom stereocenters. The number of Topliss-reactive ketones (excluding diaryl/α,β-unsaturated/α-hetero) is 1. The molecule has 11 nitrogen and oxygen atoms in total. The van der Waals surface area contributed by atoms with Crippen LogP contribution in [0.1, 0.15) is 30.9 Å². The van der Waals surface area contributed by atoms with E-state index in [2.05, 4.69) is 5.10 Å². The van der Waals surface area contributed by atoms with Crippen molar-refractivity contribution in [2.24, 2.45) is 22.6 Å². The van der Waals surface area contributed by atoms with Crippen molar-refractivity contribution in [2.75, 3.05) is 0 Å². The van der Waals surface area contributed by atoms with E-state index >= 15 is 0 Å². The molecule has 3 atom stereocenters. The molecule has 1 aliphatic heterocycles. The van der Waals surface area contributed by atoms with Gasteiger partial charge in [-0.2, -0.15) is 5.10 Å². The van der Waals surface area contributed by atoms with Gasteiger partial charge < -0.3 is 21.8 Å². The van der Waals surface area contributed by atoms with Crippen molar-refractivity contribution in [3.8, 4) is 0 Å². The number of ketones is 1. The van der Waals surface area contributed by atoms with Gasteiger partial charge in [0.2, 0.25) is 11.8 Å². The molecule has 1 heterocycles. The second-order valence-electron chi connectivity index (χ2n) is 7.11. The minimum Gasteiger partial charge on any atom is -0.481 e. The number of hydrazone groups is 1. The first-order valence-electron chi connectivity index (χ1n) is 8.97. The second kappa shape index (κ2) is 8.82. The summed E-state index contributed by atoms with van der Waals surface area (Å²) in [5.41, 5.74) is 4.30. The molecule has 1 fully saturated rings. The Kier molecular flexibility index (Phi) is 6.67. The molecule has 160 valence electrons. The monoisotopic (exact) mass is 418 g/mol. The highest BCUT2D eigenvalue weighted by Gasteiger charge is 2.51. The Labute approximate surface area is 171 Å². The van der Waals surface area contributed by atoms with E-state index in [1.54, 1.807) is 24.3 Å². The molecule has 6 N–H and O–H groups in total. The van der Waals surface area contributed by atoms with Crippen LogP contribution in [0.5, 0.6) is 0 Å². The molecule has 1 aromatic carbocycles. The first kappa shape index (κ1) is 22.7. The van der Waals surface area contributed by atoms with Gasteiger partial charge in [0.25, 0.3) is 0 Å². The van der Waals surface area contributed by atoms with Crippen molar-refractivity contribution < 1.29 is 34.2 Å². The third-order valence-corrected chi connectivity index (χ3v) is 4.98. The van der Waals surface area contributed by atoms with Gasteiger partial charge in [0.15, 0.2) is 11.3 Å². The van der Waals surface area contributed by atoms with Crippen LogP contribution in [-0.4, -0.2) is 62.4 Å². The zero-order valence-electron chi connectivity index (χ0n) is 16.1. The highest BCUT2D eigenvalue weighted by Crippen LogP contribution is 2.27. The number of carboxylic acid groups (broad SMARTS) is 2. The Morgan fingerprint density at radius 3 is 2.37 bits per heavy atom. The number of aliphatic carboxylic acids is 2. The standard InChI is InChI=1S/C19H22N4O7/c1-10(16(27)19(20,18(29)30)8-15(25)26)23-14(24)7-13(17(23)28)6-11-2-4-12(5-3-11)9-22-21/h2-5,9-10,13H,6-8,20-21H2,1H3,(H,25,26)(H,29,30)/b22-9+/t10?,13?,19-/m1/s1. The average molecular weight is 418 g/mol. The molecular formula is C19H22N4O7. The lowest BCUT2D eigenvalue weighted by molar-refractivity contribution is -0.158. The molecule has 0 aromatic heterocycles. The summed E-state index contributed by atoms with van der Waals surface area (Å²) in [4.78, 5) is 60.9. The second-order valence-corrected chi connectivity index (χ2v) is 7.11. The molecule has 1 aliphatic rings. The highest BCUT2D eigenvalue weighted by molar-refractivity contribution is 6.15. The van der Waals surface area contributed by atoms with E-state index in [1.165, 1.54) is 6.21 Å². The molecule has 0 bridgehead atoms. The number of nitrogens with two attached hydrogens (primary N) is 2. The lowest BCUT2D eigenvalue weighted by Crippen LogP contribution is -2.62. The predicted octanol–water partition coefficient (Wildman–Crippen LogP) is -0.889. The molecule has 0 spiro atoms. The number of carbonyl (C=O) groups excluding carboxylic acids is 3. The summed E-state index contributed by atoms with van der Waals surface area (Å²) in [6.45, 7) is 1.16. The number of amides is 2. The molecule has 2 amide bonds. The minimum atomic E-state index is -2.76. The molecule has 2 rings (SSSR count). The summed E-state index contributed by atoms with van der Waals surface area (Å²) < 4.78 is 0. The quantitative estimate of drug-likeness (QED) is 0.129. The van der Waals surface area contributed by atoms with Gasteiger partial charge in [-0.15, -0.1) is 0 Å². The third-order valence-electron chi connectivity index (χ3n) is 4.98. The van der Waals surface area contributed by atoms with Crippen molar-refractivity contribution in [3.63, 3.8) is 0 Å². The van der Waals surface area contributed by atoms with Crippen LogP contribution in [0.25, 0.3) is 0 Å². The maximum atomic E-state index is 12.8. The summed E-state index contributed by atoms with van der Waals surface area (Å²) in [6, 6.07) is 5.44. The van der Waals surface area contributed by atoms with Gasteiger partial charge in [-0.1, -0.05) is 24.3 Å². The van der Waals surface area contributed by atoms with Gasteiger partial charge in [-0.05, 0) is 24.5 Å². The van der Waals surface area contributed by atoms with Crippen LogP contribution >= 0.6 is 0 Å². The zero-order valence-corrected chi connectivity index (χ0v) is 16.1. The van der Waals surface area contributed by atoms with Gasteiger partial charge in [0.05, 0.1) is 24.6 Å². The van der Waals surface area contributed by atoms with Gasteiger partial charge in [-0.25, -0.2) is 4.79 Å². The van der Waals surface area contributed by atoms with Crippen LogP contribution in [0.4, 0.5) is 0 Å². The largest absolute Gasteiger partial charge is 0.481 e. The van der Waals surface area contributed by atoms with Crippen LogP contribution in [0.15, 0.2) is 29.4 Å². The van der Waals surface area contributed by atoms with E-state index in [0.29, 0.717) is 4.90 Å². The fraction of sp³-hybridized carbons (Fsp3) is 0.368. The van der Waals surface area contributed by atoms with Crippen LogP contribution in [0.2, 0.25) is 0 Å². The molecule has 1 saturated heterocycles. The number of benzene rings is 1. The number of rotatable bonds is 9. The van der Waals surface area contributed by atoms with Gasteiger partial charge in [0, 0.05) is 6.42 Å². The zero-order chi connectivity index (χ0) is 22.6. The minimum absolute atomic E-state index is 0.161. The van der Waals surface area contributed by atoms with Gasteiger partial charge in [0.1, 0.15) is 0 Å². The predicted molar refractivity (Wildman–Crippen MR) is 103 cm³/mol. The molecule has 30 heavy (non-hydrogen) atoms. The van der Waals surface area contributed by atoms with E-state index in [1.807, 2.05) is 0 Å². The molecule has 11 heteroatoms. The fourth-order valence-electron chi connectivity index (χ4n) is 3.39. The lowest BCUT2D eigenvalue weighted by atomic mass is 9.87. The van der Waals surface area contributed by atoms with E-state index in [-0.39, 0.29) is 12.8 Å². The van der Waals surface area contributed by atoms with Crippen molar-refractivity contribution in [1.82, 2.24) is 4.90 Å². The van der Waals surface area contributed by atoms with Crippen LogP contribution in [0.3, 0.4) is 0 Å². The topological polar surface area (TPSA) is 193 Å². The summed E-state index contributed by atoms with van der Waals surface area (Å²) in [5, 5.41) is 21.6. The highest BCUT2D eigenvalue weighted by atomic mass is 16.4. The number of nitrogens with zero attached hydrogens (tertiary/aromatic N) is 2. The maximum absolute atomic E-state index is 12.8. The Morgan fingerprint density at radius 1 is 1.27 bits per heavy atom. The number of hydrogen-bond donors (Lipinski definition) is 4. The number of imide groups is 1. The van der Waals surface area contributed by atoms with E-state index < -0.39 is 53.5 Å². The van der Waals surface area contributed by atoms with Crippen molar-refractivity contribution in [3.05, 3.63) is 35.4 Å². The van der Waals surface area contributed by atoms with Crippen molar-refractivity contribution >= 4 is 35.8 Å². The lowest BCUT2D eigenvalue weighted by Gasteiger charge is -2.29. The average Bonchev–Trinajstić information content (AvgIpc) is 2.94. The maximum Gasteiger partial charge on any atom is 0.332 e. The van der Waals surface area contributed by atoms with E-state index in [4.69, 9.17) is 16.7 Å². The van der Waals surface area contributed by atoms with Crippen LogP contribution in [-0.2, 0) is 30.4 Å². The normalized spacial score (nSPS) is 19.7. The first-order valence-corrected chi connectivity index (χ1v) is 8.97. The number of carboxylic acids is 2. The van der Waals surface area contributed by atoms with Gasteiger partial charge >= 0.3 is 11.9 Å². The Balaban J connectivity index is 2.19. The molecule has 0 aliphatic carbocycles. The Morgan fingerprint density at radius 2 is 1.87 bits per heavy atom.